The fourth-order valence-corrected chi connectivity index (χ4v) is 3.21. The second kappa shape index (κ2) is 6.58. The van der Waals surface area contributed by atoms with E-state index in [-0.39, 0.29) is 12.7 Å². The molecule has 1 aliphatic heterocycles. The molecule has 0 radical (unpaired) electrons. The quantitative estimate of drug-likeness (QED) is 0.523. The van der Waals surface area contributed by atoms with Crippen LogP contribution in [-0.4, -0.2) is 17.7 Å². The van der Waals surface area contributed by atoms with Crippen molar-refractivity contribution in [1.29, 1.82) is 0 Å². The number of nitrogens with one attached hydrogen (secondary N) is 1. The van der Waals surface area contributed by atoms with E-state index in [0.29, 0.717) is 50.3 Å². The molecule has 0 saturated carbocycles. The number of anilines is 1. The van der Waals surface area contributed by atoms with Crippen LogP contribution in [0.25, 0.3) is 22.6 Å². The number of rotatable bonds is 3. The molecule has 0 bridgehead atoms. The lowest BCUT2D eigenvalue weighted by Crippen LogP contribution is -2.11. The molecule has 138 valence electrons. The Morgan fingerprint density at radius 3 is 2.75 bits per heavy atom. The van der Waals surface area contributed by atoms with E-state index < -0.39 is 0 Å². The van der Waals surface area contributed by atoms with E-state index in [0.717, 1.165) is 0 Å². The molecule has 0 fully saturated rings. The number of carbonyl (C=O) groups is 1. The molecule has 0 spiro atoms. The van der Waals surface area contributed by atoms with E-state index in [4.69, 9.17) is 25.5 Å². The number of benzene rings is 3. The summed E-state index contributed by atoms with van der Waals surface area (Å²) in [5, 5.41) is 3.42. The van der Waals surface area contributed by atoms with E-state index in [2.05, 4.69) is 10.3 Å². The molecule has 1 N–H and O–H groups in total. The molecule has 2 heterocycles. The molecule has 6 nitrogen and oxygen atoms in total. The van der Waals surface area contributed by atoms with Crippen LogP contribution in [0.1, 0.15) is 10.4 Å². The van der Waals surface area contributed by atoms with Gasteiger partial charge in [0.25, 0.3) is 5.91 Å². The number of ether oxygens (including phenoxy) is 2. The minimum atomic E-state index is -0.257. The number of aromatic nitrogens is 1. The predicted molar refractivity (Wildman–Crippen MR) is 105 cm³/mol. The van der Waals surface area contributed by atoms with Crippen molar-refractivity contribution < 1.29 is 18.7 Å². The minimum absolute atomic E-state index is 0.164. The number of amides is 1. The van der Waals surface area contributed by atoms with Gasteiger partial charge in [0.05, 0.1) is 10.6 Å². The maximum absolute atomic E-state index is 12.6. The summed E-state index contributed by atoms with van der Waals surface area (Å²) in [5.41, 5.74) is 3.02. The molecule has 0 atom stereocenters. The fourth-order valence-electron chi connectivity index (χ4n) is 3.00. The van der Waals surface area contributed by atoms with E-state index in [1.165, 1.54) is 0 Å². The van der Waals surface area contributed by atoms with Crippen molar-refractivity contribution in [2.45, 2.75) is 0 Å². The average molecular weight is 393 g/mol. The first-order chi connectivity index (χ1) is 13.7. The van der Waals surface area contributed by atoms with Gasteiger partial charge in [-0.15, -0.1) is 0 Å². The van der Waals surface area contributed by atoms with Crippen LogP contribution >= 0.6 is 11.6 Å². The van der Waals surface area contributed by atoms with Crippen molar-refractivity contribution in [2.75, 3.05) is 12.1 Å². The topological polar surface area (TPSA) is 73.6 Å². The van der Waals surface area contributed by atoms with Crippen molar-refractivity contribution in [2.24, 2.45) is 0 Å². The highest BCUT2D eigenvalue weighted by Gasteiger charge is 2.17. The second-order valence-corrected chi connectivity index (χ2v) is 6.61. The van der Waals surface area contributed by atoms with Crippen molar-refractivity contribution in [1.82, 2.24) is 4.98 Å². The summed E-state index contributed by atoms with van der Waals surface area (Å²) in [6.45, 7) is 0.164. The fraction of sp³-hybridized carbons (Fsp3) is 0.0476. The molecule has 3 aromatic carbocycles. The van der Waals surface area contributed by atoms with Gasteiger partial charge in [0.2, 0.25) is 12.7 Å². The highest BCUT2D eigenvalue weighted by molar-refractivity contribution is 6.33. The first-order valence-electron chi connectivity index (χ1n) is 8.54. The van der Waals surface area contributed by atoms with E-state index in [1.807, 2.05) is 18.2 Å². The molecule has 1 aromatic heterocycles. The largest absolute Gasteiger partial charge is 0.454 e. The Bertz CT molecular complexity index is 1220. The highest BCUT2D eigenvalue weighted by Crippen LogP contribution is 2.33. The first-order valence-corrected chi connectivity index (χ1v) is 8.92. The molecule has 28 heavy (non-hydrogen) atoms. The van der Waals surface area contributed by atoms with Crippen molar-refractivity contribution in [3.63, 3.8) is 0 Å². The third kappa shape index (κ3) is 2.93. The lowest BCUT2D eigenvalue weighted by atomic mass is 10.2. The SMILES string of the molecule is O=C(Nc1ccc2oc(-c3ccccc3Cl)nc2c1)c1ccc2c(c1)OCO2. The molecule has 0 saturated heterocycles. The number of halogens is 1. The summed E-state index contributed by atoms with van der Waals surface area (Å²) >= 11 is 6.22. The monoisotopic (exact) mass is 392 g/mol. The van der Waals surface area contributed by atoms with Crippen LogP contribution in [-0.2, 0) is 0 Å². The van der Waals surface area contributed by atoms with Crippen molar-refractivity contribution in [3.8, 4) is 23.0 Å². The Kier molecular flexibility index (Phi) is 3.91. The zero-order chi connectivity index (χ0) is 19.1. The van der Waals surface area contributed by atoms with Crippen LogP contribution in [0.4, 0.5) is 5.69 Å². The van der Waals surface area contributed by atoms with Gasteiger partial charge in [-0.1, -0.05) is 23.7 Å². The summed E-state index contributed by atoms with van der Waals surface area (Å²) in [7, 11) is 0. The summed E-state index contributed by atoms with van der Waals surface area (Å²) in [6, 6.07) is 17.7. The van der Waals surface area contributed by atoms with Crippen LogP contribution in [0, 0.1) is 0 Å². The smallest absolute Gasteiger partial charge is 0.255 e. The van der Waals surface area contributed by atoms with E-state index in [1.54, 1.807) is 42.5 Å². The maximum Gasteiger partial charge on any atom is 0.255 e. The van der Waals surface area contributed by atoms with Crippen LogP contribution < -0.4 is 14.8 Å². The number of carbonyl (C=O) groups excluding carboxylic acids is 1. The van der Waals surface area contributed by atoms with Crippen molar-refractivity contribution in [3.05, 3.63) is 71.2 Å². The molecular weight excluding hydrogens is 380 g/mol. The Labute approximate surface area is 164 Å². The summed E-state index contributed by atoms with van der Waals surface area (Å²) in [5.74, 6) is 1.36. The molecule has 1 amide bonds. The predicted octanol–water partition coefficient (Wildman–Crippen LogP) is 5.13. The van der Waals surface area contributed by atoms with Gasteiger partial charge in [-0.2, -0.15) is 0 Å². The standard InChI is InChI=1S/C21H13ClN2O4/c22-15-4-2-1-3-14(15)21-24-16-10-13(6-8-17(16)28-21)23-20(25)12-5-7-18-19(9-12)27-11-26-18/h1-10H,11H2,(H,23,25). The molecule has 1 aliphatic rings. The van der Waals surface area contributed by atoms with Gasteiger partial charge >= 0.3 is 0 Å². The van der Waals surface area contributed by atoms with Crippen LogP contribution in [0.3, 0.4) is 0 Å². The Hall–Kier alpha value is -3.51. The van der Waals surface area contributed by atoms with Gasteiger partial charge in [0, 0.05) is 11.3 Å². The normalized spacial score (nSPS) is 12.3. The lowest BCUT2D eigenvalue weighted by molar-refractivity contribution is 0.102. The van der Waals surface area contributed by atoms with Gasteiger partial charge in [-0.25, -0.2) is 4.98 Å². The number of nitrogens with zero attached hydrogens (tertiary/aromatic N) is 1. The number of fused-ring (bicyclic) bond motifs is 2. The number of oxazole rings is 1. The Balaban J connectivity index is 1.42. The Morgan fingerprint density at radius 1 is 1.00 bits per heavy atom. The van der Waals surface area contributed by atoms with E-state index >= 15 is 0 Å². The van der Waals surface area contributed by atoms with Gasteiger partial charge in [0.1, 0.15) is 5.52 Å². The highest BCUT2D eigenvalue weighted by atomic mass is 35.5. The van der Waals surface area contributed by atoms with E-state index in [9.17, 15) is 4.79 Å². The maximum atomic E-state index is 12.6. The van der Waals surface area contributed by atoms with Crippen LogP contribution in [0.15, 0.2) is 65.1 Å². The summed E-state index contributed by atoms with van der Waals surface area (Å²) in [4.78, 5) is 17.0. The molecule has 0 unspecified atom stereocenters. The van der Waals surface area contributed by atoms with Gasteiger partial charge in [0.15, 0.2) is 17.1 Å². The zero-order valence-electron chi connectivity index (χ0n) is 14.4. The summed E-state index contributed by atoms with van der Waals surface area (Å²) < 4.78 is 16.4. The zero-order valence-corrected chi connectivity index (χ0v) is 15.2. The Morgan fingerprint density at radius 2 is 1.86 bits per heavy atom. The lowest BCUT2D eigenvalue weighted by Gasteiger charge is -2.05. The first kappa shape index (κ1) is 16.6. The third-order valence-electron chi connectivity index (χ3n) is 4.38. The average Bonchev–Trinajstić information content (AvgIpc) is 3.34. The van der Waals surface area contributed by atoms with Crippen LogP contribution in [0.2, 0.25) is 5.02 Å². The molecule has 5 rings (SSSR count). The van der Waals surface area contributed by atoms with Gasteiger partial charge in [-0.3, -0.25) is 4.79 Å². The van der Waals surface area contributed by atoms with Crippen LogP contribution in [0.5, 0.6) is 11.5 Å². The number of hydrogen-bond donors (Lipinski definition) is 1. The molecule has 4 aromatic rings. The number of hydrogen-bond acceptors (Lipinski definition) is 5. The molecule has 0 aliphatic carbocycles. The van der Waals surface area contributed by atoms with Gasteiger partial charge < -0.3 is 19.2 Å². The summed E-state index contributed by atoms with van der Waals surface area (Å²) in [6.07, 6.45) is 0. The second-order valence-electron chi connectivity index (χ2n) is 6.20. The third-order valence-corrected chi connectivity index (χ3v) is 4.71. The minimum Gasteiger partial charge on any atom is -0.454 e. The van der Waals surface area contributed by atoms with Gasteiger partial charge in [-0.05, 0) is 48.5 Å². The molecular formula is C21H13ClN2O4. The van der Waals surface area contributed by atoms with Crippen molar-refractivity contribution >= 4 is 34.3 Å². The molecule has 7 heteroatoms.